The molecule has 6 nitrogen and oxygen atoms in total. The van der Waals surface area contributed by atoms with Crippen molar-refractivity contribution < 1.29 is 9.53 Å². The monoisotopic (exact) mass is 376 g/mol. The first-order valence-corrected chi connectivity index (χ1v) is 9.23. The van der Waals surface area contributed by atoms with E-state index in [0.717, 1.165) is 25.1 Å². The molecule has 0 saturated carbocycles. The van der Waals surface area contributed by atoms with E-state index in [0.29, 0.717) is 23.1 Å². The smallest absolute Gasteiger partial charge is 0.274 e. The summed E-state index contributed by atoms with van der Waals surface area (Å²) in [7, 11) is 1.57. The van der Waals surface area contributed by atoms with Gasteiger partial charge in [0.1, 0.15) is 11.4 Å². The molecule has 1 heterocycles. The lowest BCUT2D eigenvalue weighted by Crippen LogP contribution is -2.17. The van der Waals surface area contributed by atoms with E-state index in [9.17, 15) is 4.79 Å². The minimum Gasteiger partial charge on any atom is -0.495 e. The van der Waals surface area contributed by atoms with Gasteiger partial charge in [0, 0.05) is 12.2 Å². The van der Waals surface area contributed by atoms with Crippen LogP contribution in [-0.2, 0) is 6.42 Å². The van der Waals surface area contributed by atoms with Crippen LogP contribution >= 0.6 is 0 Å². The summed E-state index contributed by atoms with van der Waals surface area (Å²) < 4.78 is 5.27. The van der Waals surface area contributed by atoms with Crippen molar-refractivity contribution in [1.82, 2.24) is 9.97 Å². The number of benzene rings is 2. The predicted octanol–water partition coefficient (Wildman–Crippen LogP) is 4.09. The van der Waals surface area contributed by atoms with E-state index >= 15 is 0 Å². The lowest BCUT2D eigenvalue weighted by molar-refractivity contribution is 0.102. The quantitative estimate of drug-likeness (QED) is 0.579. The second-order valence-corrected chi connectivity index (χ2v) is 6.39. The maximum atomic E-state index is 12.6. The number of hydrogen-bond acceptors (Lipinski definition) is 5. The Bertz CT molecular complexity index is 929. The number of aromatic nitrogens is 2. The second-order valence-electron chi connectivity index (χ2n) is 6.39. The molecule has 28 heavy (non-hydrogen) atoms. The van der Waals surface area contributed by atoms with Crippen molar-refractivity contribution in [3.63, 3.8) is 0 Å². The largest absolute Gasteiger partial charge is 0.495 e. The van der Waals surface area contributed by atoms with Crippen LogP contribution in [0.15, 0.2) is 60.7 Å². The molecule has 0 spiro atoms. The lowest BCUT2D eigenvalue weighted by atomic mass is 10.1. The van der Waals surface area contributed by atoms with Gasteiger partial charge in [-0.1, -0.05) is 42.5 Å². The summed E-state index contributed by atoms with van der Waals surface area (Å²) in [4.78, 5) is 21.3. The summed E-state index contributed by atoms with van der Waals surface area (Å²) in [5, 5.41) is 6.05. The lowest BCUT2D eigenvalue weighted by Gasteiger charge is -2.11. The van der Waals surface area contributed by atoms with Gasteiger partial charge in [-0.25, -0.2) is 9.97 Å². The molecule has 0 aliphatic carbocycles. The highest BCUT2D eigenvalue weighted by Crippen LogP contribution is 2.23. The summed E-state index contributed by atoms with van der Waals surface area (Å²) in [5.41, 5.74) is 2.93. The molecular weight excluding hydrogens is 352 g/mol. The molecule has 0 radical (unpaired) electrons. The van der Waals surface area contributed by atoms with E-state index < -0.39 is 0 Å². The Balaban J connectivity index is 1.61. The third-order valence-electron chi connectivity index (χ3n) is 4.21. The molecule has 0 aliphatic rings. The maximum absolute atomic E-state index is 12.6. The molecule has 0 aliphatic heterocycles. The Hall–Kier alpha value is -3.41. The molecule has 3 aromatic rings. The van der Waals surface area contributed by atoms with Crippen molar-refractivity contribution >= 4 is 17.5 Å². The van der Waals surface area contributed by atoms with Gasteiger partial charge < -0.3 is 15.4 Å². The number of para-hydroxylation sites is 2. The van der Waals surface area contributed by atoms with E-state index in [1.807, 2.05) is 37.3 Å². The van der Waals surface area contributed by atoms with Gasteiger partial charge in [0.25, 0.3) is 5.91 Å². The Morgan fingerprint density at radius 1 is 1.04 bits per heavy atom. The van der Waals surface area contributed by atoms with Crippen LogP contribution in [0.3, 0.4) is 0 Å². The topological polar surface area (TPSA) is 76.1 Å². The molecular formula is C22H24N4O2. The van der Waals surface area contributed by atoms with Gasteiger partial charge in [-0.3, -0.25) is 4.79 Å². The highest BCUT2D eigenvalue weighted by Gasteiger charge is 2.13. The molecule has 0 unspecified atom stereocenters. The van der Waals surface area contributed by atoms with Crippen LogP contribution in [0.5, 0.6) is 5.75 Å². The molecule has 2 N–H and O–H groups in total. The summed E-state index contributed by atoms with van der Waals surface area (Å²) in [6.45, 7) is 2.57. The van der Waals surface area contributed by atoms with Crippen LogP contribution in [0.2, 0.25) is 0 Å². The van der Waals surface area contributed by atoms with Gasteiger partial charge in [-0.05, 0) is 43.5 Å². The molecule has 1 amide bonds. The molecule has 144 valence electrons. The van der Waals surface area contributed by atoms with Crippen LogP contribution in [0.25, 0.3) is 0 Å². The number of rotatable bonds is 8. The summed E-state index contributed by atoms with van der Waals surface area (Å²) in [5.74, 6) is 0.751. The van der Waals surface area contributed by atoms with Gasteiger partial charge in [0.2, 0.25) is 5.95 Å². The number of amides is 1. The zero-order chi connectivity index (χ0) is 19.8. The van der Waals surface area contributed by atoms with Crippen LogP contribution in [0.1, 0.15) is 28.2 Å². The number of anilines is 2. The van der Waals surface area contributed by atoms with Crippen molar-refractivity contribution in [1.29, 1.82) is 0 Å². The van der Waals surface area contributed by atoms with Crippen LogP contribution < -0.4 is 15.4 Å². The molecule has 3 rings (SSSR count). The Kier molecular flexibility index (Phi) is 6.57. The average molecular weight is 376 g/mol. The molecule has 2 aromatic carbocycles. The summed E-state index contributed by atoms with van der Waals surface area (Å²) in [6.07, 6.45) is 1.92. The third-order valence-corrected chi connectivity index (χ3v) is 4.21. The first-order chi connectivity index (χ1) is 13.7. The van der Waals surface area contributed by atoms with E-state index in [-0.39, 0.29) is 5.91 Å². The summed E-state index contributed by atoms with van der Waals surface area (Å²) >= 11 is 0. The Morgan fingerprint density at radius 2 is 1.79 bits per heavy atom. The molecule has 0 bridgehead atoms. The van der Waals surface area contributed by atoms with E-state index in [4.69, 9.17) is 4.74 Å². The standard InChI is InChI=1S/C22H24N4O2/c1-16-15-19(21(27)25-18-12-6-7-13-20(18)28-2)26-22(24-16)23-14-8-11-17-9-4-3-5-10-17/h3-7,9-10,12-13,15H,8,11,14H2,1-2H3,(H,25,27)(H,23,24,26). The first-order valence-electron chi connectivity index (χ1n) is 9.23. The third kappa shape index (κ3) is 5.30. The predicted molar refractivity (Wildman–Crippen MR) is 111 cm³/mol. The molecule has 1 aromatic heterocycles. The highest BCUT2D eigenvalue weighted by molar-refractivity contribution is 6.03. The van der Waals surface area contributed by atoms with Crippen LogP contribution in [-0.4, -0.2) is 29.5 Å². The van der Waals surface area contributed by atoms with E-state index in [2.05, 4.69) is 32.7 Å². The van der Waals surface area contributed by atoms with Crippen LogP contribution in [0.4, 0.5) is 11.6 Å². The normalized spacial score (nSPS) is 10.4. The van der Waals surface area contributed by atoms with Gasteiger partial charge in [0.15, 0.2) is 0 Å². The van der Waals surface area contributed by atoms with E-state index in [1.54, 1.807) is 25.3 Å². The Morgan fingerprint density at radius 3 is 2.57 bits per heavy atom. The van der Waals surface area contributed by atoms with Crippen LogP contribution in [0, 0.1) is 6.92 Å². The molecule has 6 heteroatoms. The van der Waals surface area contributed by atoms with Gasteiger partial charge >= 0.3 is 0 Å². The van der Waals surface area contributed by atoms with Crippen molar-refractivity contribution in [3.05, 3.63) is 77.6 Å². The van der Waals surface area contributed by atoms with Crippen molar-refractivity contribution in [2.24, 2.45) is 0 Å². The maximum Gasteiger partial charge on any atom is 0.274 e. The second kappa shape index (κ2) is 9.50. The molecule has 0 atom stereocenters. The van der Waals surface area contributed by atoms with Gasteiger partial charge in [-0.15, -0.1) is 0 Å². The zero-order valence-corrected chi connectivity index (χ0v) is 16.1. The number of aryl methyl sites for hydroxylation is 2. The number of nitrogens with zero attached hydrogens (tertiary/aromatic N) is 2. The number of ether oxygens (including phenoxy) is 1. The fourth-order valence-corrected chi connectivity index (χ4v) is 2.84. The number of carbonyl (C=O) groups is 1. The number of hydrogen-bond donors (Lipinski definition) is 2. The summed E-state index contributed by atoms with van der Waals surface area (Å²) in [6, 6.07) is 19.3. The van der Waals surface area contributed by atoms with Gasteiger partial charge in [0.05, 0.1) is 12.8 Å². The van der Waals surface area contributed by atoms with E-state index in [1.165, 1.54) is 5.56 Å². The first kappa shape index (κ1) is 19.4. The number of carbonyl (C=O) groups excluding carboxylic acids is 1. The average Bonchev–Trinajstić information content (AvgIpc) is 2.72. The van der Waals surface area contributed by atoms with Crippen molar-refractivity contribution in [2.45, 2.75) is 19.8 Å². The van der Waals surface area contributed by atoms with Crippen molar-refractivity contribution in [2.75, 3.05) is 24.3 Å². The molecule has 0 saturated heterocycles. The highest BCUT2D eigenvalue weighted by atomic mass is 16.5. The Labute approximate surface area is 165 Å². The number of nitrogens with one attached hydrogen (secondary N) is 2. The van der Waals surface area contributed by atoms with Crippen molar-refractivity contribution in [3.8, 4) is 5.75 Å². The van der Waals surface area contributed by atoms with Gasteiger partial charge in [-0.2, -0.15) is 0 Å². The SMILES string of the molecule is COc1ccccc1NC(=O)c1cc(C)nc(NCCCc2ccccc2)n1. The molecule has 0 fully saturated rings. The fourth-order valence-electron chi connectivity index (χ4n) is 2.84. The zero-order valence-electron chi connectivity index (χ0n) is 16.1. The fraction of sp³-hybridized carbons (Fsp3) is 0.227. The minimum absolute atomic E-state index is 0.303. The minimum atomic E-state index is -0.303. The number of methoxy groups -OCH3 is 1.